The summed E-state index contributed by atoms with van der Waals surface area (Å²) in [5.41, 5.74) is 2.86. The average molecular weight is 293 g/mol. The Hall–Kier alpha value is -1.95. The Labute approximate surface area is 120 Å². The maximum absolute atomic E-state index is 13.4. The van der Waals surface area contributed by atoms with Gasteiger partial charge >= 0.3 is 0 Å². The highest BCUT2D eigenvalue weighted by Gasteiger charge is 2.22. The number of rotatable bonds is 2. The molecule has 3 rings (SSSR count). The number of aromatic nitrogens is 2. The Morgan fingerprint density at radius 1 is 1.05 bits per heavy atom. The fourth-order valence-corrected chi connectivity index (χ4v) is 2.49. The second kappa shape index (κ2) is 5.11. The normalized spacial score (nSPS) is 13.8. The standard InChI is InChI=1S/C15H14F3N3/c1-7(2)14-9-5-19-6-12(9)20-15(21-14)8-3-10(16)13(18)11(17)4-8/h3-4,7,19H,5-6H2,1-2H3. The van der Waals surface area contributed by atoms with E-state index in [1.165, 1.54) is 0 Å². The first-order valence-electron chi connectivity index (χ1n) is 6.72. The van der Waals surface area contributed by atoms with Crippen molar-refractivity contribution in [3.05, 3.63) is 46.5 Å². The first-order chi connectivity index (χ1) is 9.97. The van der Waals surface area contributed by atoms with Crippen LogP contribution in [0.5, 0.6) is 0 Å². The zero-order chi connectivity index (χ0) is 15.1. The van der Waals surface area contributed by atoms with Crippen LogP contribution >= 0.6 is 0 Å². The summed E-state index contributed by atoms with van der Waals surface area (Å²) < 4.78 is 39.8. The van der Waals surface area contributed by atoms with Crippen LogP contribution in [0, 0.1) is 17.5 Å². The first kappa shape index (κ1) is 14.0. The average Bonchev–Trinajstić information content (AvgIpc) is 2.91. The molecule has 0 fully saturated rings. The molecular weight excluding hydrogens is 279 g/mol. The molecule has 0 atom stereocenters. The van der Waals surface area contributed by atoms with Crippen molar-refractivity contribution in [2.75, 3.05) is 0 Å². The van der Waals surface area contributed by atoms with Gasteiger partial charge in [0.2, 0.25) is 0 Å². The minimum Gasteiger partial charge on any atom is -0.307 e. The first-order valence-corrected chi connectivity index (χ1v) is 6.72. The van der Waals surface area contributed by atoms with E-state index in [0.717, 1.165) is 29.1 Å². The van der Waals surface area contributed by atoms with E-state index < -0.39 is 17.5 Å². The summed E-state index contributed by atoms with van der Waals surface area (Å²) in [7, 11) is 0. The van der Waals surface area contributed by atoms with E-state index in [9.17, 15) is 13.2 Å². The molecule has 1 aliphatic rings. The molecule has 2 aromatic rings. The van der Waals surface area contributed by atoms with Crippen LogP contribution in [-0.2, 0) is 13.1 Å². The molecule has 3 nitrogen and oxygen atoms in total. The molecule has 0 bridgehead atoms. The van der Waals surface area contributed by atoms with Crippen molar-refractivity contribution < 1.29 is 13.2 Å². The Balaban J connectivity index is 2.18. The second-order valence-corrected chi connectivity index (χ2v) is 5.37. The third kappa shape index (κ3) is 2.40. The third-order valence-electron chi connectivity index (χ3n) is 3.51. The van der Waals surface area contributed by atoms with Crippen molar-refractivity contribution >= 4 is 0 Å². The Kier molecular flexibility index (Phi) is 3.41. The molecular formula is C15H14F3N3. The van der Waals surface area contributed by atoms with Crippen LogP contribution in [0.3, 0.4) is 0 Å². The zero-order valence-electron chi connectivity index (χ0n) is 11.7. The van der Waals surface area contributed by atoms with Crippen LogP contribution in [0.2, 0.25) is 0 Å². The molecule has 6 heteroatoms. The van der Waals surface area contributed by atoms with Crippen molar-refractivity contribution in [1.29, 1.82) is 0 Å². The number of nitrogens with one attached hydrogen (secondary N) is 1. The number of nitrogens with zero attached hydrogens (tertiary/aromatic N) is 2. The molecule has 0 spiro atoms. The molecule has 0 saturated heterocycles. The van der Waals surface area contributed by atoms with Crippen molar-refractivity contribution in [1.82, 2.24) is 15.3 Å². The van der Waals surface area contributed by atoms with E-state index in [2.05, 4.69) is 15.3 Å². The van der Waals surface area contributed by atoms with Gasteiger partial charge in [0, 0.05) is 24.2 Å². The molecule has 0 amide bonds. The molecule has 1 aliphatic heterocycles. The van der Waals surface area contributed by atoms with Gasteiger partial charge in [0.25, 0.3) is 0 Å². The van der Waals surface area contributed by atoms with Crippen LogP contribution in [0.1, 0.15) is 36.7 Å². The van der Waals surface area contributed by atoms with Crippen LogP contribution in [0.4, 0.5) is 13.2 Å². The monoisotopic (exact) mass is 293 g/mol. The highest BCUT2D eigenvalue weighted by molar-refractivity contribution is 5.56. The smallest absolute Gasteiger partial charge is 0.194 e. The van der Waals surface area contributed by atoms with Gasteiger partial charge in [-0.1, -0.05) is 13.8 Å². The number of hydrogen-bond donors (Lipinski definition) is 1. The van der Waals surface area contributed by atoms with Crippen LogP contribution in [0.25, 0.3) is 11.4 Å². The molecule has 110 valence electrons. The van der Waals surface area contributed by atoms with Crippen molar-refractivity contribution in [2.45, 2.75) is 32.9 Å². The lowest BCUT2D eigenvalue weighted by molar-refractivity contribution is 0.447. The fourth-order valence-electron chi connectivity index (χ4n) is 2.49. The number of fused-ring (bicyclic) bond motifs is 1. The van der Waals surface area contributed by atoms with Gasteiger partial charge in [-0.2, -0.15) is 0 Å². The summed E-state index contributed by atoms with van der Waals surface area (Å²) in [5, 5.41) is 3.18. The van der Waals surface area contributed by atoms with E-state index in [-0.39, 0.29) is 17.3 Å². The van der Waals surface area contributed by atoms with Crippen molar-refractivity contribution in [3.8, 4) is 11.4 Å². The van der Waals surface area contributed by atoms with E-state index in [4.69, 9.17) is 0 Å². The van der Waals surface area contributed by atoms with Crippen molar-refractivity contribution in [2.24, 2.45) is 0 Å². The molecule has 1 N–H and O–H groups in total. The molecule has 1 aromatic heterocycles. The van der Waals surface area contributed by atoms with E-state index >= 15 is 0 Å². The topological polar surface area (TPSA) is 37.8 Å². The minimum absolute atomic E-state index is 0.142. The summed E-state index contributed by atoms with van der Waals surface area (Å²) in [6, 6.07) is 1.85. The van der Waals surface area contributed by atoms with Gasteiger partial charge in [-0.3, -0.25) is 0 Å². The molecule has 0 saturated carbocycles. The molecule has 0 unspecified atom stereocenters. The Morgan fingerprint density at radius 3 is 2.33 bits per heavy atom. The maximum atomic E-state index is 13.4. The fraction of sp³-hybridized carbons (Fsp3) is 0.333. The number of benzene rings is 1. The van der Waals surface area contributed by atoms with Gasteiger partial charge in [-0.25, -0.2) is 23.1 Å². The van der Waals surface area contributed by atoms with E-state index in [1.807, 2.05) is 13.8 Å². The van der Waals surface area contributed by atoms with Crippen LogP contribution in [-0.4, -0.2) is 9.97 Å². The number of halogens is 3. The van der Waals surface area contributed by atoms with Gasteiger partial charge in [-0.05, 0) is 18.1 Å². The predicted molar refractivity (Wildman–Crippen MR) is 72.0 cm³/mol. The molecule has 2 heterocycles. The second-order valence-electron chi connectivity index (χ2n) is 5.37. The molecule has 0 radical (unpaired) electrons. The third-order valence-corrected chi connectivity index (χ3v) is 3.51. The van der Waals surface area contributed by atoms with Crippen LogP contribution < -0.4 is 5.32 Å². The predicted octanol–water partition coefficient (Wildman–Crippen LogP) is 3.29. The summed E-state index contributed by atoms with van der Waals surface area (Å²) in [4.78, 5) is 8.77. The largest absolute Gasteiger partial charge is 0.307 e. The van der Waals surface area contributed by atoms with Crippen molar-refractivity contribution in [3.63, 3.8) is 0 Å². The maximum Gasteiger partial charge on any atom is 0.194 e. The van der Waals surface area contributed by atoms with Gasteiger partial charge < -0.3 is 5.32 Å². The molecule has 0 aliphatic carbocycles. The van der Waals surface area contributed by atoms with Gasteiger partial charge in [0.15, 0.2) is 23.3 Å². The summed E-state index contributed by atoms with van der Waals surface area (Å²) in [5.74, 6) is -3.57. The minimum atomic E-state index is -1.48. The van der Waals surface area contributed by atoms with E-state index in [1.54, 1.807) is 0 Å². The lowest BCUT2D eigenvalue weighted by Gasteiger charge is -2.12. The Bertz CT molecular complexity index is 691. The lowest BCUT2D eigenvalue weighted by atomic mass is 10.0. The number of hydrogen-bond acceptors (Lipinski definition) is 3. The lowest BCUT2D eigenvalue weighted by Crippen LogP contribution is -2.06. The summed E-state index contributed by atoms with van der Waals surface area (Å²) in [6.45, 7) is 5.28. The van der Waals surface area contributed by atoms with Gasteiger partial charge in [-0.15, -0.1) is 0 Å². The van der Waals surface area contributed by atoms with Gasteiger partial charge in [0.05, 0.1) is 11.4 Å². The van der Waals surface area contributed by atoms with Gasteiger partial charge in [0.1, 0.15) is 0 Å². The molecule has 21 heavy (non-hydrogen) atoms. The molecule has 1 aromatic carbocycles. The quantitative estimate of drug-likeness (QED) is 0.863. The van der Waals surface area contributed by atoms with Crippen LogP contribution in [0.15, 0.2) is 12.1 Å². The van der Waals surface area contributed by atoms with E-state index in [0.29, 0.717) is 13.1 Å². The SMILES string of the molecule is CC(C)c1nc(-c2cc(F)c(F)c(F)c2)nc2c1CNC2. The zero-order valence-corrected chi connectivity index (χ0v) is 11.7. The summed E-state index contributed by atoms with van der Waals surface area (Å²) in [6.07, 6.45) is 0. The highest BCUT2D eigenvalue weighted by atomic mass is 19.2. The Morgan fingerprint density at radius 2 is 1.71 bits per heavy atom. The summed E-state index contributed by atoms with van der Waals surface area (Å²) >= 11 is 0. The highest BCUT2D eigenvalue weighted by Crippen LogP contribution is 2.28.